The molecule has 0 aromatic rings. The highest BCUT2D eigenvalue weighted by Gasteiger charge is 2.30. The summed E-state index contributed by atoms with van der Waals surface area (Å²) < 4.78 is 10.3. The summed E-state index contributed by atoms with van der Waals surface area (Å²) >= 11 is 0. The first-order valence-corrected chi connectivity index (χ1v) is 6.72. The molecule has 0 spiro atoms. The van der Waals surface area contributed by atoms with Gasteiger partial charge in [-0.2, -0.15) is 0 Å². The second-order valence-electron chi connectivity index (χ2n) is 4.76. The average molecular weight is 272 g/mol. The Morgan fingerprint density at radius 3 is 2.74 bits per heavy atom. The predicted octanol–water partition coefficient (Wildman–Crippen LogP) is 0.165. The lowest BCUT2D eigenvalue weighted by Crippen LogP contribution is -2.47. The summed E-state index contributed by atoms with van der Waals surface area (Å²) in [6, 6.07) is -0.403. The number of ether oxygens (including phenoxy) is 2. The Kier molecular flexibility index (Phi) is 6.80. The molecule has 1 fully saturated rings. The molecule has 6 heteroatoms. The number of methoxy groups -OCH3 is 2. The highest BCUT2D eigenvalue weighted by Crippen LogP contribution is 2.10. The number of hydrogen-bond acceptors (Lipinski definition) is 4. The molecule has 1 N–H and O–H groups in total. The number of hydrogen-bond donors (Lipinski definition) is 1. The number of nitrogens with zero attached hydrogens (tertiary/aromatic N) is 1. The summed E-state index contributed by atoms with van der Waals surface area (Å²) in [6.45, 7) is 3.32. The molecule has 0 radical (unpaired) electrons. The van der Waals surface area contributed by atoms with Crippen molar-refractivity contribution in [3.05, 3.63) is 0 Å². The van der Waals surface area contributed by atoms with Crippen molar-refractivity contribution in [3.63, 3.8) is 0 Å². The topological polar surface area (TPSA) is 67.9 Å². The normalized spacial score (nSPS) is 22.1. The van der Waals surface area contributed by atoms with Gasteiger partial charge in [-0.25, -0.2) is 0 Å². The number of nitrogens with one attached hydrogen (secondary N) is 1. The molecule has 2 atom stereocenters. The Bertz CT molecular complexity index is 309. The third-order valence-electron chi connectivity index (χ3n) is 3.24. The van der Waals surface area contributed by atoms with E-state index in [9.17, 15) is 9.59 Å². The summed E-state index contributed by atoms with van der Waals surface area (Å²) in [5.41, 5.74) is 0. The highest BCUT2D eigenvalue weighted by atomic mass is 16.5. The molecule has 110 valence electrons. The predicted molar refractivity (Wildman–Crippen MR) is 70.7 cm³/mol. The van der Waals surface area contributed by atoms with Crippen LogP contribution < -0.4 is 5.32 Å². The van der Waals surface area contributed by atoms with Gasteiger partial charge in [0.15, 0.2) is 0 Å². The Hall–Kier alpha value is -1.14. The second kappa shape index (κ2) is 8.12. The van der Waals surface area contributed by atoms with Gasteiger partial charge in [-0.3, -0.25) is 9.59 Å². The van der Waals surface area contributed by atoms with Crippen LogP contribution in [0.5, 0.6) is 0 Å². The lowest BCUT2D eigenvalue weighted by atomic mass is 10.1. The standard InChI is InChI=1S/C13H24N2O4/c1-4-5-11-13(17)15(7-6-12(16)14-11)8-10(19-3)9-18-2/h10-11H,4-9H2,1-3H3,(H,14,16). The lowest BCUT2D eigenvalue weighted by Gasteiger charge is -2.27. The number of rotatable bonds is 7. The fraction of sp³-hybridized carbons (Fsp3) is 0.846. The zero-order chi connectivity index (χ0) is 14.3. The maximum absolute atomic E-state index is 12.4. The van der Waals surface area contributed by atoms with Gasteiger partial charge in [0.05, 0.1) is 12.7 Å². The first-order valence-electron chi connectivity index (χ1n) is 6.72. The van der Waals surface area contributed by atoms with E-state index in [1.807, 2.05) is 6.92 Å². The van der Waals surface area contributed by atoms with Crippen LogP contribution in [0.3, 0.4) is 0 Å². The maximum Gasteiger partial charge on any atom is 0.245 e. The molecule has 1 rings (SSSR count). The maximum atomic E-state index is 12.4. The largest absolute Gasteiger partial charge is 0.382 e. The van der Waals surface area contributed by atoms with Gasteiger partial charge in [0.1, 0.15) is 6.04 Å². The van der Waals surface area contributed by atoms with Crippen LogP contribution in [0.25, 0.3) is 0 Å². The number of amides is 2. The summed E-state index contributed by atoms with van der Waals surface area (Å²) in [5, 5.41) is 2.78. The van der Waals surface area contributed by atoms with Crippen molar-refractivity contribution < 1.29 is 19.1 Å². The highest BCUT2D eigenvalue weighted by molar-refractivity contribution is 5.89. The van der Waals surface area contributed by atoms with Crippen molar-refractivity contribution >= 4 is 11.8 Å². The van der Waals surface area contributed by atoms with Crippen LogP contribution >= 0.6 is 0 Å². The van der Waals surface area contributed by atoms with Crippen molar-refractivity contribution in [1.82, 2.24) is 10.2 Å². The molecule has 1 aliphatic heterocycles. The fourth-order valence-corrected chi connectivity index (χ4v) is 2.19. The van der Waals surface area contributed by atoms with E-state index in [0.29, 0.717) is 32.5 Å². The monoisotopic (exact) mass is 272 g/mol. The molecule has 0 saturated carbocycles. The number of carbonyl (C=O) groups excluding carboxylic acids is 2. The molecule has 2 amide bonds. The van der Waals surface area contributed by atoms with E-state index >= 15 is 0 Å². The zero-order valence-electron chi connectivity index (χ0n) is 12.0. The zero-order valence-corrected chi connectivity index (χ0v) is 12.0. The van der Waals surface area contributed by atoms with Crippen molar-refractivity contribution in [1.29, 1.82) is 0 Å². The molecule has 19 heavy (non-hydrogen) atoms. The van der Waals surface area contributed by atoms with Gasteiger partial charge < -0.3 is 19.7 Å². The fourth-order valence-electron chi connectivity index (χ4n) is 2.19. The molecule has 2 unspecified atom stereocenters. The summed E-state index contributed by atoms with van der Waals surface area (Å²) in [7, 11) is 3.19. The molecule has 0 aromatic heterocycles. The summed E-state index contributed by atoms with van der Waals surface area (Å²) in [5.74, 6) is -0.0825. The van der Waals surface area contributed by atoms with Gasteiger partial charge >= 0.3 is 0 Å². The van der Waals surface area contributed by atoms with Gasteiger partial charge in [0, 0.05) is 33.7 Å². The van der Waals surface area contributed by atoms with Crippen LogP contribution in [0.15, 0.2) is 0 Å². The van der Waals surface area contributed by atoms with Gasteiger partial charge in [-0.15, -0.1) is 0 Å². The van der Waals surface area contributed by atoms with Gasteiger partial charge in [-0.05, 0) is 6.42 Å². The summed E-state index contributed by atoms with van der Waals surface area (Å²) in [6.07, 6.45) is 1.71. The molecule has 1 saturated heterocycles. The van der Waals surface area contributed by atoms with E-state index < -0.39 is 6.04 Å². The minimum absolute atomic E-state index is 0.0224. The summed E-state index contributed by atoms with van der Waals surface area (Å²) in [4.78, 5) is 25.6. The van der Waals surface area contributed by atoms with E-state index in [1.165, 1.54) is 0 Å². The van der Waals surface area contributed by atoms with Crippen LogP contribution in [0.4, 0.5) is 0 Å². The molecule has 1 aliphatic rings. The number of carbonyl (C=O) groups is 2. The van der Waals surface area contributed by atoms with Crippen molar-refractivity contribution in [3.8, 4) is 0 Å². The second-order valence-corrected chi connectivity index (χ2v) is 4.76. The molecule has 0 bridgehead atoms. The third kappa shape index (κ3) is 4.80. The smallest absolute Gasteiger partial charge is 0.245 e. The average Bonchev–Trinajstić information content (AvgIpc) is 2.52. The van der Waals surface area contributed by atoms with Gasteiger partial charge in [0.25, 0.3) is 0 Å². The van der Waals surface area contributed by atoms with Crippen molar-refractivity contribution in [2.75, 3.05) is 33.9 Å². The van der Waals surface area contributed by atoms with E-state index in [4.69, 9.17) is 9.47 Å². The Morgan fingerprint density at radius 1 is 1.42 bits per heavy atom. The van der Waals surface area contributed by atoms with Crippen LogP contribution in [-0.4, -0.2) is 62.8 Å². The van der Waals surface area contributed by atoms with Crippen LogP contribution in [-0.2, 0) is 19.1 Å². The van der Waals surface area contributed by atoms with Crippen molar-refractivity contribution in [2.45, 2.75) is 38.3 Å². The molecule has 6 nitrogen and oxygen atoms in total. The van der Waals surface area contributed by atoms with E-state index in [2.05, 4.69) is 5.32 Å². The molecule has 0 aromatic carbocycles. The Morgan fingerprint density at radius 2 is 2.16 bits per heavy atom. The van der Waals surface area contributed by atoms with Gasteiger partial charge in [-0.1, -0.05) is 13.3 Å². The quantitative estimate of drug-likeness (QED) is 0.717. The lowest BCUT2D eigenvalue weighted by molar-refractivity contribution is -0.135. The molecule has 0 aliphatic carbocycles. The van der Waals surface area contributed by atoms with E-state index in [1.54, 1.807) is 19.1 Å². The minimum Gasteiger partial charge on any atom is -0.382 e. The Labute approximate surface area is 114 Å². The molecular weight excluding hydrogens is 248 g/mol. The van der Waals surface area contributed by atoms with Gasteiger partial charge in [0.2, 0.25) is 11.8 Å². The van der Waals surface area contributed by atoms with Crippen molar-refractivity contribution in [2.24, 2.45) is 0 Å². The molecular formula is C13H24N2O4. The first-order chi connectivity index (χ1) is 9.12. The van der Waals surface area contributed by atoms with E-state index in [-0.39, 0.29) is 17.9 Å². The SMILES string of the molecule is CCCC1NC(=O)CCN(CC(COC)OC)C1=O. The Balaban J connectivity index is 2.68. The van der Waals surface area contributed by atoms with E-state index in [0.717, 1.165) is 6.42 Å². The molecule has 1 heterocycles. The minimum atomic E-state index is -0.403. The van der Waals surface area contributed by atoms with Crippen LogP contribution in [0.1, 0.15) is 26.2 Å². The van der Waals surface area contributed by atoms with Crippen LogP contribution in [0.2, 0.25) is 0 Å². The first kappa shape index (κ1) is 15.9. The van der Waals surface area contributed by atoms with Crippen LogP contribution in [0, 0.1) is 0 Å². The third-order valence-corrected chi connectivity index (χ3v) is 3.24.